The van der Waals surface area contributed by atoms with Gasteiger partial charge in [0, 0.05) is 24.7 Å². The quantitative estimate of drug-likeness (QED) is 0.0338. The predicted octanol–water partition coefficient (Wildman–Crippen LogP) is -2.82. The van der Waals surface area contributed by atoms with Crippen molar-refractivity contribution in [2.45, 2.75) is 174 Å². The first-order valence-corrected chi connectivity index (χ1v) is 25.0. The number of nitrogens with two attached hydrogens (primary N) is 2. The third-order valence-corrected chi connectivity index (χ3v) is 11.4. The van der Waals surface area contributed by atoms with Crippen molar-refractivity contribution in [2.24, 2.45) is 29.2 Å². The highest BCUT2D eigenvalue weighted by molar-refractivity contribution is 7.98. The van der Waals surface area contributed by atoms with Crippen LogP contribution in [0.1, 0.15) is 107 Å². The Labute approximate surface area is 418 Å². The third-order valence-electron chi connectivity index (χ3n) is 10.7. The van der Waals surface area contributed by atoms with Crippen molar-refractivity contribution in [2.75, 3.05) is 12.0 Å². The minimum absolute atomic E-state index is 0.00877. The Morgan fingerprint density at radius 2 is 0.944 bits per heavy atom. The Balaban J connectivity index is 3.46. The van der Waals surface area contributed by atoms with Crippen LogP contribution in [0.4, 0.5) is 0 Å². The summed E-state index contributed by atoms with van der Waals surface area (Å²) in [5.41, 5.74) is 11.4. The number of hydrogen-bond donors (Lipinski definition) is 14. The second kappa shape index (κ2) is 31.5. The van der Waals surface area contributed by atoms with Crippen LogP contribution in [-0.4, -0.2) is 163 Å². The summed E-state index contributed by atoms with van der Waals surface area (Å²) in [4.78, 5) is 139. The molecule has 0 aliphatic carbocycles. The van der Waals surface area contributed by atoms with Crippen molar-refractivity contribution in [1.82, 2.24) is 52.5 Å². The monoisotopic (exact) mass is 1030 g/mol. The zero-order valence-corrected chi connectivity index (χ0v) is 43.1. The standard InChI is InChI=1S/C45H78N12O13S/c1-21(2)15-30(54-43(67)35(25(8)58)57-44(68)36(26(9)59)56-42(66)31(16-22(3)4)52-37(61)24(7)46)40(64)51-29(13-14-71-10)39(63)53-32(18-27-19-48-20-49-27)41(65)50-28(11-12-34(47)60)38(62)55-33(45(69)70)17-23(5)6/h19-26,28-33,35-36,58-59H,11-18,46H2,1-10H3,(H2,47,60)(H,48,49)(H,50,65)(H,51,64)(H,52,61)(H,53,63)(H,54,67)(H,55,62)(H,56,66)(H,57,68)(H,69,70)/t24-,25+,26+,28-,29-,30-,31-,32-,33-,35-,36-/m0/s1. The molecule has 0 aliphatic heterocycles. The van der Waals surface area contributed by atoms with E-state index >= 15 is 0 Å². The van der Waals surface area contributed by atoms with Crippen LogP contribution in [0.15, 0.2) is 12.5 Å². The molecule has 25 nitrogen and oxygen atoms in total. The van der Waals surface area contributed by atoms with E-state index in [0.29, 0.717) is 11.4 Å². The minimum Gasteiger partial charge on any atom is -0.480 e. The molecule has 0 bridgehead atoms. The van der Waals surface area contributed by atoms with Crippen LogP contribution in [0.2, 0.25) is 0 Å². The highest BCUT2D eigenvalue weighted by Crippen LogP contribution is 2.12. The van der Waals surface area contributed by atoms with Crippen LogP contribution in [0.3, 0.4) is 0 Å². The van der Waals surface area contributed by atoms with E-state index in [9.17, 15) is 63.3 Å². The van der Waals surface area contributed by atoms with E-state index in [1.54, 1.807) is 47.8 Å². The highest BCUT2D eigenvalue weighted by Gasteiger charge is 2.37. The first-order valence-electron chi connectivity index (χ1n) is 23.6. The molecular weight excluding hydrogens is 949 g/mol. The largest absolute Gasteiger partial charge is 0.480 e. The number of carboxylic acid groups (broad SMARTS) is 1. The lowest BCUT2D eigenvalue weighted by Gasteiger charge is -2.30. The first kappa shape index (κ1) is 63.2. The number of thioether (sulfide) groups is 1. The van der Waals surface area contributed by atoms with Gasteiger partial charge in [0.25, 0.3) is 0 Å². The number of nitrogens with zero attached hydrogens (tertiary/aromatic N) is 1. The fourth-order valence-electron chi connectivity index (χ4n) is 6.95. The molecule has 71 heavy (non-hydrogen) atoms. The van der Waals surface area contributed by atoms with Gasteiger partial charge in [-0.15, -0.1) is 0 Å². The Kier molecular flexibility index (Phi) is 28.0. The Hall–Kier alpha value is -5.86. The number of rotatable bonds is 33. The predicted molar refractivity (Wildman–Crippen MR) is 262 cm³/mol. The van der Waals surface area contributed by atoms with Crippen LogP contribution in [-0.2, 0) is 54.4 Å². The summed E-state index contributed by atoms with van der Waals surface area (Å²) in [5, 5.41) is 51.0. The number of aliphatic carboxylic acids is 1. The number of aliphatic hydroxyl groups excluding tert-OH is 2. The molecule has 0 saturated heterocycles. The number of imidazole rings is 1. The summed E-state index contributed by atoms with van der Waals surface area (Å²) < 4.78 is 0. The zero-order chi connectivity index (χ0) is 54.3. The zero-order valence-electron chi connectivity index (χ0n) is 42.3. The normalized spacial score (nSPS) is 16.1. The Morgan fingerprint density at radius 3 is 1.37 bits per heavy atom. The molecule has 1 aromatic rings. The molecule has 0 fully saturated rings. The third kappa shape index (κ3) is 23.7. The van der Waals surface area contributed by atoms with Gasteiger partial charge >= 0.3 is 5.97 Å². The van der Waals surface area contributed by atoms with Gasteiger partial charge in [-0.1, -0.05) is 41.5 Å². The average Bonchev–Trinajstić information content (AvgIpc) is 3.78. The molecule has 1 rings (SSSR count). The number of carboxylic acids is 1. The molecule has 0 aromatic carbocycles. The minimum atomic E-state index is -1.75. The second-order valence-electron chi connectivity index (χ2n) is 18.9. The van der Waals surface area contributed by atoms with Crippen LogP contribution < -0.4 is 54.0 Å². The Bertz CT molecular complexity index is 1930. The fraction of sp³-hybridized carbons (Fsp3) is 0.711. The van der Waals surface area contributed by atoms with Gasteiger partial charge in [-0.25, -0.2) is 9.78 Å². The maximum atomic E-state index is 14.2. The fourth-order valence-corrected chi connectivity index (χ4v) is 7.42. The van der Waals surface area contributed by atoms with Gasteiger partial charge in [-0.05, 0) is 82.6 Å². The van der Waals surface area contributed by atoms with Gasteiger partial charge in [0.2, 0.25) is 53.2 Å². The molecule has 1 aromatic heterocycles. The van der Waals surface area contributed by atoms with E-state index in [1.807, 2.05) is 0 Å². The summed E-state index contributed by atoms with van der Waals surface area (Å²) in [6, 6.07) is -12.5. The van der Waals surface area contributed by atoms with E-state index in [-0.39, 0.29) is 62.7 Å². The summed E-state index contributed by atoms with van der Waals surface area (Å²) in [7, 11) is 0. The number of aromatic amines is 1. The van der Waals surface area contributed by atoms with Crippen molar-refractivity contribution in [3.05, 3.63) is 18.2 Å². The SMILES string of the molecule is CSCC[C@H](NC(=O)[C@H](CC(C)C)NC(=O)[C@@H](NC(=O)[C@@H](NC(=O)[C@H](CC(C)C)NC(=O)[C@H](C)N)[C@@H](C)O)[C@@H](C)O)C(=O)N[C@@H](Cc1cnc[nH]1)C(=O)N[C@@H](CCC(N)=O)C(=O)N[C@@H](CC(C)C)C(=O)O. The van der Waals surface area contributed by atoms with Crippen LogP contribution in [0, 0.1) is 17.8 Å². The molecule has 0 saturated carbocycles. The molecule has 0 aliphatic rings. The summed E-state index contributed by atoms with van der Waals surface area (Å²) in [6.45, 7) is 14.4. The van der Waals surface area contributed by atoms with Gasteiger partial charge in [0.1, 0.15) is 48.3 Å². The van der Waals surface area contributed by atoms with Gasteiger partial charge in [0.05, 0.1) is 24.6 Å². The lowest BCUT2D eigenvalue weighted by atomic mass is 10.0. The number of aromatic nitrogens is 2. The van der Waals surface area contributed by atoms with Crippen molar-refractivity contribution in [1.29, 1.82) is 0 Å². The van der Waals surface area contributed by atoms with E-state index in [1.165, 1.54) is 45.1 Å². The molecule has 0 radical (unpaired) electrons. The highest BCUT2D eigenvalue weighted by atomic mass is 32.2. The lowest BCUT2D eigenvalue weighted by molar-refractivity contribution is -0.143. The van der Waals surface area contributed by atoms with Crippen LogP contribution in [0.5, 0.6) is 0 Å². The van der Waals surface area contributed by atoms with Crippen molar-refractivity contribution < 1.29 is 63.3 Å². The van der Waals surface area contributed by atoms with Gasteiger partial charge in [0.15, 0.2) is 0 Å². The van der Waals surface area contributed by atoms with Crippen LogP contribution in [0.25, 0.3) is 0 Å². The number of amides is 9. The van der Waals surface area contributed by atoms with E-state index in [2.05, 4.69) is 52.5 Å². The van der Waals surface area contributed by atoms with Crippen LogP contribution >= 0.6 is 11.8 Å². The molecule has 0 spiro atoms. The van der Waals surface area contributed by atoms with E-state index < -0.39 is 126 Å². The van der Waals surface area contributed by atoms with Gasteiger partial charge < -0.3 is 74.3 Å². The first-order chi connectivity index (χ1) is 33.1. The molecule has 16 N–H and O–H groups in total. The number of primary amides is 1. The number of H-pyrrole nitrogens is 1. The molecule has 1 heterocycles. The Morgan fingerprint density at radius 1 is 0.563 bits per heavy atom. The number of aliphatic hydroxyl groups is 2. The van der Waals surface area contributed by atoms with Crippen molar-refractivity contribution in [3.63, 3.8) is 0 Å². The number of carbonyl (C=O) groups excluding carboxylic acids is 9. The number of hydrogen-bond acceptors (Lipinski definition) is 15. The number of carbonyl (C=O) groups is 10. The van der Waals surface area contributed by atoms with Gasteiger partial charge in [-0.3, -0.25) is 43.2 Å². The topological polar surface area (TPSA) is 408 Å². The van der Waals surface area contributed by atoms with E-state index in [0.717, 1.165) is 0 Å². The van der Waals surface area contributed by atoms with Crippen molar-refractivity contribution in [3.8, 4) is 0 Å². The molecule has 402 valence electrons. The summed E-state index contributed by atoms with van der Waals surface area (Å²) >= 11 is 1.34. The summed E-state index contributed by atoms with van der Waals surface area (Å²) in [5.74, 6) is -9.39. The maximum absolute atomic E-state index is 14.2. The maximum Gasteiger partial charge on any atom is 0.326 e. The molecule has 11 atom stereocenters. The molecule has 0 unspecified atom stereocenters. The molecule has 9 amide bonds. The van der Waals surface area contributed by atoms with E-state index in [4.69, 9.17) is 11.5 Å². The number of nitrogens with one attached hydrogen (secondary N) is 9. The smallest absolute Gasteiger partial charge is 0.326 e. The molecule has 26 heteroatoms. The van der Waals surface area contributed by atoms with Crippen molar-refractivity contribution >= 4 is 70.9 Å². The lowest BCUT2D eigenvalue weighted by Crippen LogP contribution is -2.63. The summed E-state index contributed by atoms with van der Waals surface area (Å²) in [6.07, 6.45) is 0.658. The van der Waals surface area contributed by atoms with Gasteiger partial charge in [-0.2, -0.15) is 11.8 Å². The average molecular weight is 1030 g/mol. The molecular formula is C45H78N12O13S. The second-order valence-corrected chi connectivity index (χ2v) is 19.9.